The Morgan fingerprint density at radius 3 is 2.61 bits per heavy atom. The lowest BCUT2D eigenvalue weighted by Gasteiger charge is -2.16. The number of carbonyl (C=O) groups is 1. The molecule has 0 radical (unpaired) electrons. The summed E-state index contributed by atoms with van der Waals surface area (Å²) >= 11 is 1.25. The highest BCUT2D eigenvalue weighted by atomic mass is 32.2. The minimum Gasteiger partial charge on any atom is -0.497 e. The van der Waals surface area contributed by atoms with Crippen molar-refractivity contribution in [2.45, 2.75) is 30.3 Å². The molecule has 7 heteroatoms. The lowest BCUT2D eigenvalue weighted by atomic mass is 10.1. The summed E-state index contributed by atoms with van der Waals surface area (Å²) in [5, 5.41) is 9.75. The molecule has 1 atom stereocenters. The summed E-state index contributed by atoms with van der Waals surface area (Å²) in [5.74, 6) is 0.634. The van der Waals surface area contributed by atoms with E-state index < -0.39 is 5.25 Å². The van der Waals surface area contributed by atoms with Gasteiger partial charge in [-0.3, -0.25) is 14.2 Å². The number of rotatable bonds is 8. The molecule has 0 saturated carbocycles. The summed E-state index contributed by atoms with van der Waals surface area (Å²) in [5.41, 5.74) is 1.01. The van der Waals surface area contributed by atoms with E-state index in [1.165, 1.54) is 11.8 Å². The Hall–Kier alpha value is -2.64. The third-order valence-corrected chi connectivity index (χ3v) is 5.48. The van der Waals surface area contributed by atoms with Gasteiger partial charge in [-0.2, -0.15) is 0 Å². The zero-order valence-corrected chi connectivity index (χ0v) is 16.6. The Morgan fingerprint density at radius 1 is 1.21 bits per heavy atom. The third kappa shape index (κ3) is 4.26. The molecule has 0 amide bonds. The summed E-state index contributed by atoms with van der Waals surface area (Å²) < 4.78 is 6.67. The monoisotopic (exact) mass is 398 g/mol. The Balaban J connectivity index is 1.92. The lowest BCUT2D eigenvalue weighted by Crippen LogP contribution is -2.25. The highest BCUT2D eigenvalue weighted by Crippen LogP contribution is 2.26. The predicted molar refractivity (Wildman–Crippen MR) is 110 cm³/mol. The molecule has 6 nitrogen and oxygen atoms in total. The van der Waals surface area contributed by atoms with Crippen LogP contribution in [0.3, 0.4) is 0 Å². The number of methoxy groups -OCH3 is 1. The number of hydrogen-bond acceptors (Lipinski definition) is 6. The van der Waals surface area contributed by atoms with Gasteiger partial charge in [-0.05, 0) is 49.7 Å². The number of ketones is 1. The largest absolute Gasteiger partial charge is 0.497 e. The van der Waals surface area contributed by atoms with Gasteiger partial charge in [0.2, 0.25) is 0 Å². The molecule has 0 saturated heterocycles. The molecule has 2 aromatic carbocycles. The van der Waals surface area contributed by atoms with Crippen LogP contribution in [0.1, 0.15) is 23.7 Å². The normalized spacial score (nSPS) is 12.1. The van der Waals surface area contributed by atoms with Crippen molar-refractivity contribution in [3.63, 3.8) is 0 Å². The first-order chi connectivity index (χ1) is 13.5. The Kier molecular flexibility index (Phi) is 6.49. The van der Waals surface area contributed by atoms with E-state index in [1.807, 2.05) is 6.07 Å². The number of Topliss-reactive ketones (excluding diaryl/α,β-unsaturated/α-hetero) is 1. The second kappa shape index (κ2) is 9.03. The van der Waals surface area contributed by atoms with Crippen molar-refractivity contribution in [1.29, 1.82) is 0 Å². The number of fused-ring (bicyclic) bond motifs is 1. The van der Waals surface area contributed by atoms with Crippen LogP contribution in [0.25, 0.3) is 10.9 Å². The minimum atomic E-state index is -0.429. The molecule has 146 valence electrons. The second-order valence-electron chi connectivity index (χ2n) is 6.30. The Labute approximate surface area is 167 Å². The van der Waals surface area contributed by atoms with Gasteiger partial charge in [0.05, 0.1) is 23.3 Å². The van der Waals surface area contributed by atoms with Gasteiger partial charge in [-0.1, -0.05) is 23.9 Å². The summed E-state index contributed by atoms with van der Waals surface area (Å²) in [6, 6.07) is 14.1. The summed E-state index contributed by atoms with van der Waals surface area (Å²) in [6.07, 6.45) is 0.439. The van der Waals surface area contributed by atoms with Crippen molar-refractivity contribution in [1.82, 2.24) is 9.55 Å². The van der Waals surface area contributed by atoms with Crippen LogP contribution < -0.4 is 10.3 Å². The van der Waals surface area contributed by atoms with Crippen molar-refractivity contribution in [2.75, 3.05) is 13.7 Å². The average molecular weight is 398 g/mol. The number of benzene rings is 2. The molecule has 28 heavy (non-hydrogen) atoms. The van der Waals surface area contributed by atoms with Gasteiger partial charge in [0, 0.05) is 18.7 Å². The van der Waals surface area contributed by atoms with Gasteiger partial charge in [-0.15, -0.1) is 0 Å². The summed E-state index contributed by atoms with van der Waals surface area (Å²) in [7, 11) is 1.58. The smallest absolute Gasteiger partial charge is 0.262 e. The van der Waals surface area contributed by atoms with Crippen molar-refractivity contribution in [2.24, 2.45) is 0 Å². The van der Waals surface area contributed by atoms with Gasteiger partial charge in [0.1, 0.15) is 5.75 Å². The van der Waals surface area contributed by atoms with Crippen LogP contribution in [0, 0.1) is 0 Å². The average Bonchev–Trinajstić information content (AvgIpc) is 2.73. The number of carbonyl (C=O) groups excluding carboxylic acids is 1. The standard InChI is InChI=1S/C21H22N2O4S/c1-14(19(25)15-8-10-16(27-2)11-9-15)28-21-22-18-7-4-3-6-17(18)20(26)23(21)12-5-13-24/h3-4,6-11,14,24H,5,12-13H2,1-2H3/t14-/m0/s1. The Bertz CT molecular complexity index is 1030. The van der Waals surface area contributed by atoms with Gasteiger partial charge in [-0.25, -0.2) is 4.98 Å². The van der Waals surface area contributed by atoms with Crippen LogP contribution in [0.4, 0.5) is 0 Å². The highest BCUT2D eigenvalue weighted by Gasteiger charge is 2.20. The number of hydrogen-bond donors (Lipinski definition) is 1. The molecule has 0 aliphatic carbocycles. The fourth-order valence-electron chi connectivity index (χ4n) is 2.87. The number of aliphatic hydroxyl groups excluding tert-OH is 1. The molecule has 0 aliphatic heterocycles. The van der Waals surface area contributed by atoms with Gasteiger partial charge >= 0.3 is 0 Å². The zero-order chi connectivity index (χ0) is 20.1. The molecule has 3 rings (SSSR count). The first-order valence-corrected chi connectivity index (χ1v) is 9.88. The maximum atomic E-state index is 12.9. The molecule has 3 aromatic rings. The lowest BCUT2D eigenvalue weighted by molar-refractivity contribution is 0.0993. The molecule has 1 N–H and O–H groups in total. The van der Waals surface area contributed by atoms with Crippen LogP contribution in [0.5, 0.6) is 5.75 Å². The fourth-order valence-corrected chi connectivity index (χ4v) is 3.88. The molecular formula is C21H22N2O4S. The first kappa shape index (κ1) is 20.1. The van der Waals surface area contributed by atoms with E-state index in [0.717, 1.165) is 0 Å². The maximum Gasteiger partial charge on any atom is 0.262 e. The number of ether oxygens (including phenoxy) is 1. The number of thioether (sulfide) groups is 1. The van der Waals surface area contributed by atoms with E-state index in [-0.39, 0.29) is 17.9 Å². The van der Waals surface area contributed by atoms with Gasteiger partial charge in [0.15, 0.2) is 10.9 Å². The fraction of sp³-hybridized carbons (Fsp3) is 0.286. The predicted octanol–water partition coefficient (Wildman–Crippen LogP) is 3.15. The van der Waals surface area contributed by atoms with Crippen molar-refractivity contribution in [3.8, 4) is 5.75 Å². The third-order valence-electron chi connectivity index (χ3n) is 4.39. The van der Waals surface area contributed by atoms with E-state index >= 15 is 0 Å². The molecule has 0 fully saturated rings. The quantitative estimate of drug-likeness (QED) is 0.357. The summed E-state index contributed by atoms with van der Waals surface area (Å²) in [4.78, 5) is 30.3. The van der Waals surface area contributed by atoms with Crippen LogP contribution in [-0.2, 0) is 6.54 Å². The van der Waals surface area contributed by atoms with E-state index in [1.54, 1.807) is 61.1 Å². The van der Waals surface area contributed by atoms with Crippen LogP contribution in [0.2, 0.25) is 0 Å². The molecule has 0 spiro atoms. The van der Waals surface area contributed by atoms with Crippen LogP contribution in [0.15, 0.2) is 58.5 Å². The second-order valence-corrected chi connectivity index (χ2v) is 7.61. The van der Waals surface area contributed by atoms with Crippen molar-refractivity contribution >= 4 is 28.4 Å². The van der Waals surface area contributed by atoms with Crippen LogP contribution in [-0.4, -0.2) is 39.4 Å². The molecule has 1 heterocycles. The number of aliphatic hydroxyl groups is 1. The number of aromatic nitrogens is 2. The number of nitrogens with zero attached hydrogens (tertiary/aromatic N) is 2. The van der Waals surface area contributed by atoms with E-state index in [4.69, 9.17) is 4.74 Å². The van der Waals surface area contributed by atoms with E-state index in [9.17, 15) is 14.7 Å². The topological polar surface area (TPSA) is 81.4 Å². The van der Waals surface area contributed by atoms with Gasteiger partial charge in [0.25, 0.3) is 5.56 Å². The number of para-hydroxylation sites is 1. The van der Waals surface area contributed by atoms with Crippen molar-refractivity contribution < 1.29 is 14.6 Å². The molecule has 1 aromatic heterocycles. The summed E-state index contributed by atoms with van der Waals surface area (Å²) in [6.45, 7) is 2.12. The van der Waals surface area contributed by atoms with Crippen molar-refractivity contribution in [3.05, 3.63) is 64.4 Å². The highest BCUT2D eigenvalue weighted by molar-refractivity contribution is 8.00. The van der Waals surface area contributed by atoms with Gasteiger partial charge < -0.3 is 9.84 Å². The first-order valence-electron chi connectivity index (χ1n) is 9.00. The molecule has 0 bridgehead atoms. The van der Waals surface area contributed by atoms with E-state index in [0.29, 0.717) is 40.3 Å². The molecule has 0 unspecified atom stereocenters. The zero-order valence-electron chi connectivity index (χ0n) is 15.8. The maximum absolute atomic E-state index is 12.9. The molecular weight excluding hydrogens is 376 g/mol. The minimum absolute atomic E-state index is 0.0241. The van der Waals surface area contributed by atoms with Crippen LogP contribution >= 0.6 is 11.8 Å². The molecule has 0 aliphatic rings. The Morgan fingerprint density at radius 2 is 1.93 bits per heavy atom. The van der Waals surface area contributed by atoms with E-state index in [2.05, 4.69) is 4.98 Å². The SMILES string of the molecule is COc1ccc(C(=O)[C@H](C)Sc2nc3ccccc3c(=O)n2CCCO)cc1.